The topological polar surface area (TPSA) is 58.8 Å². The van der Waals surface area contributed by atoms with Gasteiger partial charge in [-0.1, -0.05) is 13.8 Å². The van der Waals surface area contributed by atoms with Crippen molar-refractivity contribution in [1.82, 2.24) is 9.80 Å². The zero-order valence-electron chi connectivity index (χ0n) is 14.1. The van der Waals surface area contributed by atoms with E-state index in [1.807, 2.05) is 11.2 Å². The highest BCUT2D eigenvalue weighted by Gasteiger charge is 2.29. The number of rotatable bonds is 10. The molecule has 0 aliphatic carbocycles. The molecule has 1 rings (SSSR count). The third-order valence-corrected chi connectivity index (χ3v) is 4.71. The molecule has 0 aromatic carbocycles. The largest absolute Gasteiger partial charge is 0.375 e. The molecule has 0 aromatic heterocycles. The first-order chi connectivity index (χ1) is 10.1. The van der Waals surface area contributed by atoms with Crippen molar-refractivity contribution in [2.24, 2.45) is 5.73 Å². The molecule has 1 saturated heterocycles. The molecule has 7 heteroatoms. The normalized spacial score (nSPS) is 19.3. The second kappa shape index (κ2) is 12.4. The van der Waals surface area contributed by atoms with Crippen molar-refractivity contribution >= 4 is 30.1 Å². The van der Waals surface area contributed by atoms with Gasteiger partial charge in [0.15, 0.2) is 0 Å². The number of hydrogen-bond acceptors (Lipinski definition) is 5. The molecule has 1 fully saturated rings. The van der Waals surface area contributed by atoms with Crippen molar-refractivity contribution in [2.45, 2.75) is 38.8 Å². The van der Waals surface area contributed by atoms with Crippen LogP contribution in [0.3, 0.4) is 0 Å². The van der Waals surface area contributed by atoms with E-state index in [1.165, 1.54) is 0 Å². The molecule has 132 valence electrons. The van der Waals surface area contributed by atoms with Crippen LogP contribution < -0.4 is 5.73 Å². The Morgan fingerprint density at radius 1 is 1.45 bits per heavy atom. The Morgan fingerprint density at radius 3 is 2.73 bits per heavy atom. The quantitative estimate of drug-likeness (QED) is 0.644. The number of carbonyl (C=O) groups is 1. The molecule has 1 unspecified atom stereocenters. The predicted octanol–water partition coefficient (Wildman–Crippen LogP) is 1.45. The number of thioether (sulfide) groups is 1. The van der Waals surface area contributed by atoms with Crippen LogP contribution in [0.25, 0.3) is 0 Å². The molecule has 2 N–H and O–H groups in total. The maximum atomic E-state index is 12.2. The standard InChI is InChI=1S/C15H31N3O2S.ClH/c1-4-17(5-2)9-10-20-13-6-8-18(12-13)15(19)14(16)7-11-21-3;/h13-14H,4-12,16H2,1-3H3;1H/t13?,14-;/m0./s1. The number of likely N-dealkylation sites (N-methyl/N-ethyl adjacent to an activating group) is 1. The molecule has 1 heterocycles. The Kier molecular flexibility index (Phi) is 12.4. The van der Waals surface area contributed by atoms with Crippen LogP contribution in [0.1, 0.15) is 26.7 Å². The molecule has 0 radical (unpaired) electrons. The van der Waals surface area contributed by atoms with Crippen molar-refractivity contribution in [1.29, 1.82) is 0 Å². The van der Waals surface area contributed by atoms with Crippen LogP contribution in [-0.2, 0) is 9.53 Å². The van der Waals surface area contributed by atoms with Crippen LogP contribution in [0.2, 0.25) is 0 Å². The smallest absolute Gasteiger partial charge is 0.239 e. The first kappa shape index (κ1) is 22.0. The molecule has 0 spiro atoms. The summed E-state index contributed by atoms with van der Waals surface area (Å²) in [7, 11) is 0. The minimum Gasteiger partial charge on any atom is -0.375 e. The summed E-state index contributed by atoms with van der Waals surface area (Å²) in [6.45, 7) is 9.62. The molecular weight excluding hydrogens is 322 g/mol. The molecule has 5 nitrogen and oxygen atoms in total. The third kappa shape index (κ3) is 7.51. The van der Waals surface area contributed by atoms with Gasteiger partial charge in [0.05, 0.1) is 18.8 Å². The van der Waals surface area contributed by atoms with Gasteiger partial charge >= 0.3 is 0 Å². The van der Waals surface area contributed by atoms with Crippen LogP contribution in [0.5, 0.6) is 0 Å². The predicted molar refractivity (Wildman–Crippen MR) is 96.9 cm³/mol. The summed E-state index contributed by atoms with van der Waals surface area (Å²) < 4.78 is 5.90. The minimum absolute atomic E-state index is 0. The van der Waals surface area contributed by atoms with Gasteiger partial charge in [-0.05, 0) is 37.9 Å². The Labute approximate surface area is 145 Å². The van der Waals surface area contributed by atoms with Gasteiger partial charge in [-0.15, -0.1) is 12.4 Å². The fourth-order valence-corrected chi connectivity index (χ4v) is 3.05. The van der Waals surface area contributed by atoms with E-state index in [0.29, 0.717) is 6.54 Å². The molecule has 1 amide bonds. The lowest BCUT2D eigenvalue weighted by Crippen LogP contribution is -2.43. The second-order valence-corrected chi connectivity index (χ2v) is 6.47. The van der Waals surface area contributed by atoms with Crippen LogP contribution in [0, 0.1) is 0 Å². The first-order valence-electron chi connectivity index (χ1n) is 7.99. The fraction of sp³-hybridized carbons (Fsp3) is 0.933. The maximum Gasteiger partial charge on any atom is 0.239 e. The molecule has 0 saturated carbocycles. The van der Waals surface area contributed by atoms with Gasteiger partial charge < -0.3 is 20.3 Å². The van der Waals surface area contributed by atoms with Crippen molar-refractivity contribution in [3.05, 3.63) is 0 Å². The lowest BCUT2D eigenvalue weighted by atomic mass is 10.2. The van der Waals surface area contributed by atoms with Gasteiger partial charge in [0.25, 0.3) is 0 Å². The van der Waals surface area contributed by atoms with Gasteiger partial charge in [-0.3, -0.25) is 4.79 Å². The minimum atomic E-state index is -0.355. The zero-order chi connectivity index (χ0) is 15.7. The van der Waals surface area contributed by atoms with Gasteiger partial charge in [0.1, 0.15) is 0 Å². The summed E-state index contributed by atoms with van der Waals surface area (Å²) in [6.07, 6.45) is 3.90. The van der Waals surface area contributed by atoms with E-state index in [4.69, 9.17) is 10.5 Å². The van der Waals surface area contributed by atoms with Crippen molar-refractivity contribution < 1.29 is 9.53 Å². The molecule has 1 aliphatic heterocycles. The van der Waals surface area contributed by atoms with Crippen molar-refractivity contribution in [3.63, 3.8) is 0 Å². The highest BCUT2D eigenvalue weighted by atomic mass is 35.5. The summed E-state index contributed by atoms with van der Waals surface area (Å²) in [5.74, 6) is 1.02. The molecule has 0 bridgehead atoms. The Bertz CT molecular complexity index is 307. The van der Waals surface area contributed by atoms with Gasteiger partial charge in [0.2, 0.25) is 5.91 Å². The molecule has 1 aliphatic rings. The number of ether oxygens (including phenoxy) is 1. The average Bonchev–Trinajstić information content (AvgIpc) is 2.97. The first-order valence-corrected chi connectivity index (χ1v) is 9.38. The lowest BCUT2D eigenvalue weighted by Gasteiger charge is -2.22. The van der Waals surface area contributed by atoms with E-state index in [2.05, 4.69) is 18.7 Å². The SMILES string of the molecule is CCN(CC)CCOC1CCN(C(=O)[C@@H](N)CCSC)C1.Cl. The van der Waals surface area contributed by atoms with Gasteiger partial charge in [-0.25, -0.2) is 0 Å². The van der Waals surface area contributed by atoms with E-state index >= 15 is 0 Å². The zero-order valence-corrected chi connectivity index (χ0v) is 15.8. The van der Waals surface area contributed by atoms with Crippen LogP contribution in [0.4, 0.5) is 0 Å². The second-order valence-electron chi connectivity index (χ2n) is 5.48. The van der Waals surface area contributed by atoms with Crippen LogP contribution in [-0.4, -0.2) is 79.2 Å². The summed E-state index contributed by atoms with van der Waals surface area (Å²) in [4.78, 5) is 16.4. The van der Waals surface area contributed by atoms with Gasteiger partial charge in [0, 0.05) is 19.6 Å². The van der Waals surface area contributed by atoms with E-state index in [9.17, 15) is 4.79 Å². The number of hydrogen-bond donors (Lipinski definition) is 1. The summed E-state index contributed by atoms with van der Waals surface area (Å²) in [6, 6.07) is -0.355. The Morgan fingerprint density at radius 2 is 2.14 bits per heavy atom. The Hall–Kier alpha value is -0.0100. The Balaban J connectivity index is 0.00000441. The summed E-state index contributed by atoms with van der Waals surface area (Å²) in [5, 5.41) is 0. The number of halogens is 1. The average molecular weight is 354 g/mol. The summed E-state index contributed by atoms with van der Waals surface area (Å²) >= 11 is 1.73. The van der Waals surface area contributed by atoms with Gasteiger partial charge in [-0.2, -0.15) is 11.8 Å². The highest BCUT2D eigenvalue weighted by Crippen LogP contribution is 2.14. The highest BCUT2D eigenvalue weighted by molar-refractivity contribution is 7.98. The number of carbonyl (C=O) groups excluding carboxylic acids is 1. The number of amides is 1. The van der Waals surface area contributed by atoms with E-state index < -0.39 is 0 Å². The molecular formula is C15H32ClN3O2S. The molecule has 0 aromatic rings. The number of likely N-dealkylation sites (tertiary alicyclic amines) is 1. The maximum absolute atomic E-state index is 12.2. The van der Waals surface area contributed by atoms with E-state index in [-0.39, 0.29) is 30.5 Å². The number of nitrogens with zero attached hydrogens (tertiary/aromatic N) is 2. The fourth-order valence-electron chi connectivity index (χ4n) is 2.56. The van der Waals surface area contributed by atoms with Crippen LogP contribution in [0.15, 0.2) is 0 Å². The van der Waals surface area contributed by atoms with Crippen molar-refractivity contribution in [2.75, 3.05) is 51.3 Å². The van der Waals surface area contributed by atoms with E-state index in [0.717, 1.165) is 51.4 Å². The number of nitrogens with two attached hydrogens (primary N) is 1. The third-order valence-electron chi connectivity index (χ3n) is 4.06. The van der Waals surface area contributed by atoms with Crippen molar-refractivity contribution in [3.8, 4) is 0 Å². The summed E-state index contributed by atoms with van der Waals surface area (Å²) in [5.41, 5.74) is 5.95. The lowest BCUT2D eigenvalue weighted by molar-refractivity contribution is -0.132. The van der Waals surface area contributed by atoms with E-state index in [1.54, 1.807) is 11.8 Å². The molecule has 2 atom stereocenters. The monoisotopic (exact) mass is 353 g/mol. The van der Waals surface area contributed by atoms with Crippen LogP contribution >= 0.6 is 24.2 Å². The molecule has 22 heavy (non-hydrogen) atoms.